The van der Waals surface area contributed by atoms with Crippen LogP contribution in [0.4, 0.5) is 0 Å². The van der Waals surface area contributed by atoms with Gasteiger partial charge in [0.05, 0.1) is 4.88 Å². The monoisotopic (exact) mass is 481 g/mol. The Morgan fingerprint density at radius 3 is 1.45 bits per heavy atom. The first-order valence-corrected chi connectivity index (χ1v) is 13.7. The molecule has 0 radical (unpaired) electrons. The highest BCUT2D eigenvalue weighted by molar-refractivity contribution is 9.08. The molecule has 0 N–H and O–H groups in total. The molecule has 4 aromatic rings. The Balaban J connectivity index is 0.00000117. The van der Waals surface area contributed by atoms with Gasteiger partial charge in [0.1, 0.15) is 29.3 Å². The topological polar surface area (TPSA) is 17.1 Å². The average molecular weight is 482 g/mol. The van der Waals surface area contributed by atoms with Crippen LogP contribution in [0.5, 0.6) is 0 Å². The maximum Gasteiger partial charge on any atom is 0.210 e. The normalized spacial score (nSPS) is 10.7. The maximum atomic E-state index is 13.3. The van der Waals surface area contributed by atoms with Gasteiger partial charge in [0.2, 0.25) is 5.78 Å². The Bertz CT molecular complexity index is 906. The van der Waals surface area contributed by atoms with E-state index in [0.29, 0.717) is 6.16 Å². The van der Waals surface area contributed by atoms with Crippen molar-refractivity contribution in [2.24, 2.45) is 0 Å². The Hall–Kier alpha value is -2.06. The molecule has 1 heterocycles. The van der Waals surface area contributed by atoms with Gasteiger partial charge in [-0.15, -0.1) is 11.3 Å². The third kappa shape index (κ3) is 4.75. The fourth-order valence-corrected chi connectivity index (χ4v) is 8.36. The third-order valence-electron chi connectivity index (χ3n) is 4.77. The van der Waals surface area contributed by atoms with Gasteiger partial charge >= 0.3 is 0 Å². The lowest BCUT2D eigenvalue weighted by molar-refractivity contribution is 0.102. The highest BCUT2D eigenvalue weighted by Gasteiger charge is 2.47. The van der Waals surface area contributed by atoms with Gasteiger partial charge in [-0.3, -0.25) is 4.79 Å². The van der Waals surface area contributed by atoms with E-state index < -0.39 is 7.26 Å². The average Bonchev–Trinajstić information content (AvgIpc) is 3.36. The second kappa shape index (κ2) is 10.6. The number of hydrogen-bond acceptors (Lipinski definition) is 2. The summed E-state index contributed by atoms with van der Waals surface area (Å²) in [6, 6.07) is 35.5. The zero-order chi connectivity index (χ0) is 20.5. The van der Waals surface area contributed by atoms with Gasteiger partial charge in [0, 0.05) is 0 Å². The lowest BCUT2D eigenvalue weighted by atomic mass is 10.3. The molecule has 0 unspecified atom stereocenters. The number of hydrogen-bond donors (Lipinski definition) is 0. The molecule has 4 heteroatoms. The van der Waals surface area contributed by atoms with E-state index in [1.807, 2.05) is 41.5 Å². The van der Waals surface area contributed by atoms with Gasteiger partial charge in [-0.2, -0.15) is 0 Å². The van der Waals surface area contributed by atoms with E-state index in [9.17, 15) is 4.79 Å². The van der Waals surface area contributed by atoms with Gasteiger partial charge < -0.3 is 0 Å². The number of alkyl halides is 1. The summed E-state index contributed by atoms with van der Waals surface area (Å²) in [6.07, 6.45) is 0.506. The van der Waals surface area contributed by atoms with Gasteiger partial charge in [-0.05, 0) is 53.7 Å². The number of benzene rings is 3. The van der Waals surface area contributed by atoms with Crippen LogP contribution < -0.4 is 15.9 Å². The van der Waals surface area contributed by atoms with Crippen LogP contribution in [-0.4, -0.2) is 17.8 Å². The summed E-state index contributed by atoms with van der Waals surface area (Å²) in [4.78, 5) is 14.1. The molecule has 0 spiro atoms. The summed E-state index contributed by atoms with van der Waals surface area (Å²) in [5.41, 5.74) is 0. The summed E-state index contributed by atoms with van der Waals surface area (Å²) < 4.78 is 0. The van der Waals surface area contributed by atoms with E-state index in [1.54, 1.807) is 0 Å². The SMILES string of the molecule is CBr.O=C(C[P+](c1ccccc1)(c1ccccc1)c1ccccc1)c1cccs1. The number of rotatable bonds is 6. The quantitative estimate of drug-likeness (QED) is 0.189. The van der Waals surface area contributed by atoms with E-state index in [1.165, 1.54) is 27.3 Å². The van der Waals surface area contributed by atoms with E-state index >= 15 is 0 Å². The van der Waals surface area contributed by atoms with E-state index in [0.717, 1.165) is 4.88 Å². The Labute approximate surface area is 185 Å². The number of Topliss-reactive ketones (excluding diaryl/α,β-unsaturated/α-hetero) is 1. The first-order chi connectivity index (χ1) is 14.3. The Kier molecular flexibility index (Phi) is 7.94. The molecule has 0 aliphatic rings. The molecule has 0 fully saturated rings. The van der Waals surface area contributed by atoms with Crippen molar-refractivity contribution in [2.45, 2.75) is 0 Å². The molecule has 0 amide bonds. The molecular formula is C25H23BrOPS+. The lowest BCUT2D eigenvalue weighted by Crippen LogP contribution is -2.35. The van der Waals surface area contributed by atoms with E-state index in [-0.39, 0.29) is 5.78 Å². The molecule has 0 aliphatic carbocycles. The summed E-state index contributed by atoms with van der Waals surface area (Å²) in [6.45, 7) is 0. The van der Waals surface area contributed by atoms with Crippen LogP contribution in [0, 0.1) is 0 Å². The summed E-state index contributed by atoms with van der Waals surface area (Å²) in [5, 5.41) is 5.70. The summed E-state index contributed by atoms with van der Waals surface area (Å²) in [5.74, 6) is 2.03. The van der Waals surface area contributed by atoms with Crippen molar-refractivity contribution >= 4 is 56.2 Å². The largest absolute Gasteiger partial charge is 0.289 e. The lowest BCUT2D eigenvalue weighted by Gasteiger charge is -2.26. The molecule has 4 rings (SSSR count). The number of carbonyl (C=O) groups is 1. The van der Waals surface area contributed by atoms with Gasteiger partial charge in [-0.25, -0.2) is 0 Å². The molecule has 1 aromatic heterocycles. The number of ketones is 1. The van der Waals surface area contributed by atoms with Gasteiger partial charge in [0.25, 0.3) is 0 Å². The molecular weight excluding hydrogens is 459 g/mol. The highest BCUT2D eigenvalue weighted by Crippen LogP contribution is 2.55. The molecule has 29 heavy (non-hydrogen) atoms. The van der Waals surface area contributed by atoms with Crippen molar-refractivity contribution < 1.29 is 4.79 Å². The molecule has 3 aromatic carbocycles. The van der Waals surface area contributed by atoms with Crippen LogP contribution in [0.2, 0.25) is 0 Å². The minimum Gasteiger partial charge on any atom is -0.289 e. The zero-order valence-electron chi connectivity index (χ0n) is 16.2. The second-order valence-electron chi connectivity index (χ2n) is 6.37. The van der Waals surface area contributed by atoms with Crippen molar-refractivity contribution in [2.75, 3.05) is 12.0 Å². The van der Waals surface area contributed by atoms with Crippen LogP contribution in [0.25, 0.3) is 0 Å². The number of carbonyl (C=O) groups excluding carboxylic acids is 1. The summed E-state index contributed by atoms with van der Waals surface area (Å²) >= 11 is 4.46. The minimum absolute atomic E-state index is 0.217. The van der Waals surface area contributed by atoms with Crippen LogP contribution in [0.15, 0.2) is 109 Å². The summed E-state index contributed by atoms with van der Waals surface area (Å²) in [7, 11) is -2.09. The van der Waals surface area contributed by atoms with E-state index in [2.05, 4.69) is 88.7 Å². The van der Waals surface area contributed by atoms with Crippen molar-refractivity contribution in [3.63, 3.8) is 0 Å². The smallest absolute Gasteiger partial charge is 0.210 e. The van der Waals surface area contributed by atoms with Crippen molar-refractivity contribution in [3.8, 4) is 0 Å². The van der Waals surface area contributed by atoms with E-state index in [4.69, 9.17) is 0 Å². The molecule has 0 aliphatic heterocycles. The first kappa shape index (κ1) is 21.6. The third-order valence-corrected chi connectivity index (χ3v) is 9.98. The molecule has 0 saturated carbocycles. The van der Waals surface area contributed by atoms with Gasteiger partial charge in [0.15, 0.2) is 0 Å². The number of thiophene rings is 1. The standard InChI is InChI=1S/C24H20OPS.CH3Br/c25-23(24-17-10-18-27-24)19-26(20-11-4-1-5-12-20,21-13-6-2-7-14-21)22-15-8-3-9-16-22;1-2/h1-18H,19H2;1H3/q+1;. The Morgan fingerprint density at radius 2 is 1.10 bits per heavy atom. The first-order valence-electron chi connectivity index (χ1n) is 9.30. The van der Waals surface area contributed by atoms with Crippen molar-refractivity contribution in [1.82, 2.24) is 0 Å². The van der Waals surface area contributed by atoms with Crippen molar-refractivity contribution in [3.05, 3.63) is 113 Å². The predicted octanol–water partition coefficient (Wildman–Crippen LogP) is 5.94. The van der Waals surface area contributed by atoms with Crippen LogP contribution in [0.1, 0.15) is 9.67 Å². The molecule has 1 nitrogen and oxygen atoms in total. The minimum atomic E-state index is -2.09. The molecule has 0 saturated heterocycles. The fraction of sp³-hybridized carbons (Fsp3) is 0.0800. The molecule has 146 valence electrons. The predicted molar refractivity (Wildman–Crippen MR) is 134 cm³/mol. The molecule has 0 bridgehead atoms. The Morgan fingerprint density at radius 1 is 0.690 bits per heavy atom. The van der Waals surface area contributed by atoms with Crippen LogP contribution in [-0.2, 0) is 0 Å². The molecule has 0 atom stereocenters. The van der Waals surface area contributed by atoms with Crippen LogP contribution in [0.3, 0.4) is 0 Å². The van der Waals surface area contributed by atoms with Crippen LogP contribution >= 0.6 is 34.5 Å². The number of halogens is 1. The highest BCUT2D eigenvalue weighted by atomic mass is 79.9. The van der Waals surface area contributed by atoms with Gasteiger partial charge in [-0.1, -0.05) is 76.6 Å². The zero-order valence-corrected chi connectivity index (χ0v) is 19.5. The van der Waals surface area contributed by atoms with Crippen molar-refractivity contribution in [1.29, 1.82) is 0 Å². The maximum absolute atomic E-state index is 13.3. The fourth-order valence-electron chi connectivity index (χ4n) is 3.50. The second-order valence-corrected chi connectivity index (χ2v) is 10.8.